The Morgan fingerprint density at radius 2 is 1.61 bits per heavy atom. The molecule has 0 atom stereocenters. The van der Waals surface area contributed by atoms with Gasteiger partial charge < -0.3 is 23.5 Å². The number of rotatable bonds is 10. The molecule has 0 unspecified atom stereocenters. The maximum atomic E-state index is 13.0. The Morgan fingerprint density at radius 3 is 2.29 bits per heavy atom. The van der Waals surface area contributed by atoms with Gasteiger partial charge in [0.1, 0.15) is 0 Å². The van der Waals surface area contributed by atoms with Crippen molar-refractivity contribution in [1.82, 2.24) is 14.0 Å². The van der Waals surface area contributed by atoms with E-state index in [-0.39, 0.29) is 23.9 Å². The summed E-state index contributed by atoms with van der Waals surface area (Å²) in [5.74, 6) is 0.737. The van der Waals surface area contributed by atoms with E-state index in [1.165, 1.54) is 7.11 Å². The number of benzene rings is 3. The zero-order valence-corrected chi connectivity index (χ0v) is 22.8. The summed E-state index contributed by atoms with van der Waals surface area (Å²) in [6, 6.07) is 17.1. The van der Waals surface area contributed by atoms with E-state index in [2.05, 4.69) is 0 Å². The lowest BCUT2D eigenvalue weighted by Crippen LogP contribution is -2.31. The first-order valence-electron chi connectivity index (χ1n) is 11.9. The number of methoxy groups -OCH3 is 2. The average molecular weight is 555 g/mol. The van der Waals surface area contributed by atoms with E-state index in [9.17, 15) is 9.59 Å². The van der Waals surface area contributed by atoms with Crippen LogP contribution in [-0.2, 0) is 13.1 Å². The second-order valence-electron chi connectivity index (χ2n) is 8.75. The molecule has 0 aliphatic rings. The number of nitrogens with zero attached hydrogens (tertiary/aromatic N) is 3. The molecular formula is C28H28Cl2N4O4. The van der Waals surface area contributed by atoms with E-state index in [0.29, 0.717) is 63.2 Å². The number of amides is 1. The number of carbonyl (C=O) groups excluding carboxylic acids is 2. The number of hydrogen-bond acceptors (Lipinski definition) is 5. The summed E-state index contributed by atoms with van der Waals surface area (Å²) < 4.78 is 14.0. The third-order valence-electron chi connectivity index (χ3n) is 6.36. The van der Waals surface area contributed by atoms with Gasteiger partial charge in [-0.2, -0.15) is 0 Å². The molecule has 0 radical (unpaired) electrons. The Labute approximate surface area is 230 Å². The quantitative estimate of drug-likeness (QED) is 0.269. The van der Waals surface area contributed by atoms with Gasteiger partial charge in [-0.25, -0.2) is 0 Å². The molecule has 0 aliphatic heterocycles. The number of imidazole rings is 1. The molecule has 0 spiro atoms. The predicted octanol–water partition coefficient (Wildman–Crippen LogP) is 5.29. The summed E-state index contributed by atoms with van der Waals surface area (Å²) in [5, 5.41) is 9.88. The summed E-state index contributed by atoms with van der Waals surface area (Å²) in [4.78, 5) is 27.6. The Morgan fingerprint density at radius 1 is 0.921 bits per heavy atom. The van der Waals surface area contributed by atoms with Crippen molar-refractivity contribution in [2.24, 2.45) is 0 Å². The molecule has 4 rings (SSSR count). The Hall–Kier alpha value is -3.75. The minimum absolute atomic E-state index is 0.0119. The first-order chi connectivity index (χ1) is 18.2. The molecule has 38 heavy (non-hydrogen) atoms. The van der Waals surface area contributed by atoms with E-state index in [0.717, 1.165) is 0 Å². The van der Waals surface area contributed by atoms with Crippen LogP contribution < -0.4 is 15.1 Å². The van der Waals surface area contributed by atoms with Gasteiger partial charge >= 0.3 is 0 Å². The normalized spacial score (nSPS) is 11.0. The monoisotopic (exact) mass is 554 g/mol. The topological polar surface area (TPSA) is 89.5 Å². The fourth-order valence-corrected chi connectivity index (χ4v) is 4.76. The van der Waals surface area contributed by atoms with E-state index in [1.54, 1.807) is 82.8 Å². The first-order valence-corrected chi connectivity index (χ1v) is 12.7. The molecule has 0 bridgehead atoms. The van der Waals surface area contributed by atoms with E-state index in [1.807, 2.05) is 6.07 Å². The molecule has 0 aliphatic carbocycles. The standard InChI is InChI=1S/C28H28Cl2N4O4/c1-32(27(36)19-10-13-24(37-2)25(16-19)38-3)14-5-15-33-26-21(30)6-4-7-22(26)34(28(33)31)17-23(35)18-8-11-20(29)12-9-18/h4,6-13,16,31H,5,14-15,17H2,1-3H3. The molecule has 198 valence electrons. The number of nitrogens with one attached hydrogen (secondary N) is 1. The van der Waals surface area contributed by atoms with Gasteiger partial charge in [0.15, 0.2) is 17.3 Å². The summed E-state index contributed by atoms with van der Waals surface area (Å²) in [7, 11) is 4.79. The lowest BCUT2D eigenvalue weighted by molar-refractivity contribution is 0.0791. The zero-order chi connectivity index (χ0) is 27.4. The van der Waals surface area contributed by atoms with Crippen LogP contribution >= 0.6 is 23.2 Å². The van der Waals surface area contributed by atoms with Crippen molar-refractivity contribution in [1.29, 1.82) is 5.41 Å². The van der Waals surface area contributed by atoms with E-state index < -0.39 is 0 Å². The molecule has 1 amide bonds. The van der Waals surface area contributed by atoms with Crippen molar-refractivity contribution < 1.29 is 19.1 Å². The Balaban J connectivity index is 1.52. The summed E-state index contributed by atoms with van der Waals surface area (Å²) >= 11 is 12.5. The fraction of sp³-hybridized carbons (Fsp3) is 0.250. The number of hydrogen-bond donors (Lipinski definition) is 1. The third-order valence-corrected chi connectivity index (χ3v) is 6.91. The second kappa shape index (κ2) is 11.8. The van der Waals surface area contributed by atoms with Gasteiger partial charge in [-0.15, -0.1) is 0 Å². The molecule has 0 saturated heterocycles. The highest BCUT2D eigenvalue weighted by Crippen LogP contribution is 2.28. The van der Waals surface area contributed by atoms with Gasteiger partial charge in [-0.05, 0) is 61.0 Å². The van der Waals surface area contributed by atoms with E-state index in [4.69, 9.17) is 38.1 Å². The smallest absolute Gasteiger partial charge is 0.253 e. The highest BCUT2D eigenvalue weighted by atomic mass is 35.5. The lowest BCUT2D eigenvalue weighted by Gasteiger charge is -2.18. The summed E-state index contributed by atoms with van der Waals surface area (Å²) in [6.45, 7) is 0.868. The van der Waals surface area contributed by atoms with Crippen LogP contribution in [-0.4, -0.2) is 53.5 Å². The number of para-hydroxylation sites is 1. The summed E-state index contributed by atoms with van der Waals surface area (Å²) in [5.41, 5.74) is 2.53. The molecule has 3 aromatic carbocycles. The van der Waals surface area contributed by atoms with Crippen LogP contribution in [0.25, 0.3) is 11.0 Å². The maximum absolute atomic E-state index is 13.0. The molecule has 1 aromatic heterocycles. The van der Waals surface area contributed by atoms with Crippen LogP contribution in [0.2, 0.25) is 10.0 Å². The van der Waals surface area contributed by atoms with Gasteiger partial charge in [0.2, 0.25) is 5.62 Å². The average Bonchev–Trinajstić information content (AvgIpc) is 3.19. The van der Waals surface area contributed by atoms with Gasteiger partial charge in [0.05, 0.1) is 36.8 Å². The van der Waals surface area contributed by atoms with Crippen LogP contribution in [0.3, 0.4) is 0 Å². The SMILES string of the molecule is COc1ccc(C(=O)N(C)CCCn2c(=N)n(CC(=O)c3ccc(Cl)cc3)c3cccc(Cl)c32)cc1OC. The van der Waals surface area contributed by atoms with Gasteiger partial charge in [0, 0.05) is 36.3 Å². The molecule has 1 N–H and O–H groups in total. The first kappa shape index (κ1) is 27.3. The fourth-order valence-electron chi connectivity index (χ4n) is 4.36. The number of carbonyl (C=O) groups is 2. The lowest BCUT2D eigenvalue weighted by atomic mass is 10.1. The number of aryl methyl sites for hydroxylation is 1. The third kappa shape index (κ3) is 5.56. The Kier molecular flexibility index (Phi) is 8.44. The second-order valence-corrected chi connectivity index (χ2v) is 9.59. The molecule has 10 heteroatoms. The number of ketones is 1. The van der Waals surface area contributed by atoms with Gasteiger partial charge in [-0.3, -0.25) is 15.0 Å². The minimum atomic E-state index is -0.156. The van der Waals surface area contributed by atoms with Crippen molar-refractivity contribution in [3.63, 3.8) is 0 Å². The molecule has 4 aromatic rings. The molecule has 0 fully saturated rings. The van der Waals surface area contributed by atoms with Crippen LogP contribution in [0.4, 0.5) is 0 Å². The number of ether oxygens (including phenoxy) is 2. The predicted molar refractivity (Wildman–Crippen MR) is 148 cm³/mol. The van der Waals surface area contributed by atoms with Gasteiger partial charge in [-0.1, -0.05) is 29.3 Å². The summed E-state index contributed by atoms with van der Waals surface area (Å²) in [6.07, 6.45) is 0.571. The van der Waals surface area contributed by atoms with Crippen molar-refractivity contribution in [3.05, 3.63) is 87.5 Å². The highest BCUT2D eigenvalue weighted by Gasteiger charge is 2.18. The highest BCUT2D eigenvalue weighted by molar-refractivity contribution is 6.35. The van der Waals surface area contributed by atoms with E-state index >= 15 is 0 Å². The minimum Gasteiger partial charge on any atom is -0.493 e. The van der Waals surface area contributed by atoms with Crippen molar-refractivity contribution in [3.8, 4) is 11.5 Å². The van der Waals surface area contributed by atoms with Gasteiger partial charge in [0.25, 0.3) is 5.91 Å². The van der Waals surface area contributed by atoms with Crippen molar-refractivity contribution in [2.45, 2.75) is 19.5 Å². The zero-order valence-electron chi connectivity index (χ0n) is 21.3. The molecular weight excluding hydrogens is 527 g/mol. The van der Waals surface area contributed by atoms with Crippen molar-refractivity contribution in [2.75, 3.05) is 27.8 Å². The Bertz CT molecular complexity index is 1540. The molecule has 0 saturated carbocycles. The largest absolute Gasteiger partial charge is 0.493 e. The van der Waals surface area contributed by atoms with Crippen LogP contribution in [0.5, 0.6) is 11.5 Å². The van der Waals surface area contributed by atoms with Crippen LogP contribution in [0, 0.1) is 5.41 Å². The number of fused-ring (bicyclic) bond motifs is 1. The van der Waals surface area contributed by atoms with Crippen molar-refractivity contribution >= 4 is 45.9 Å². The number of halogens is 2. The number of Topliss-reactive ketones (excluding diaryl/α,β-unsaturated/α-hetero) is 1. The molecule has 1 heterocycles. The number of aromatic nitrogens is 2. The molecule has 8 nitrogen and oxygen atoms in total. The maximum Gasteiger partial charge on any atom is 0.253 e. The van der Waals surface area contributed by atoms with Crippen LogP contribution in [0.1, 0.15) is 27.1 Å². The van der Waals surface area contributed by atoms with Crippen LogP contribution in [0.15, 0.2) is 60.7 Å².